The molecule has 0 fully saturated rings. The van der Waals surface area contributed by atoms with Gasteiger partial charge in [-0.05, 0) is 42.1 Å². The van der Waals surface area contributed by atoms with E-state index >= 15 is 0 Å². The van der Waals surface area contributed by atoms with Crippen molar-refractivity contribution in [2.45, 2.75) is 12.8 Å². The number of nitrogens with one attached hydrogen (secondary N) is 2. The third-order valence-corrected chi connectivity index (χ3v) is 4.42. The fourth-order valence-corrected chi connectivity index (χ4v) is 2.92. The number of aryl methyl sites for hydroxylation is 1. The van der Waals surface area contributed by atoms with Crippen molar-refractivity contribution >= 4 is 22.5 Å². The van der Waals surface area contributed by atoms with Gasteiger partial charge in [-0.15, -0.1) is 0 Å². The van der Waals surface area contributed by atoms with Crippen LogP contribution >= 0.6 is 0 Å². The van der Waals surface area contributed by atoms with Crippen LogP contribution in [0.2, 0.25) is 0 Å². The summed E-state index contributed by atoms with van der Waals surface area (Å²) < 4.78 is 15.6. The number of ether oxygens (including phenoxy) is 3. The first kappa shape index (κ1) is 19.3. The minimum absolute atomic E-state index is 0.180. The van der Waals surface area contributed by atoms with Gasteiger partial charge in [-0.25, -0.2) is 0 Å². The molecule has 0 saturated carbocycles. The van der Waals surface area contributed by atoms with Gasteiger partial charge >= 0.3 is 0 Å². The van der Waals surface area contributed by atoms with Gasteiger partial charge in [0.15, 0.2) is 11.5 Å². The van der Waals surface area contributed by atoms with Gasteiger partial charge in [0.05, 0.1) is 26.8 Å². The van der Waals surface area contributed by atoms with Gasteiger partial charge in [-0.1, -0.05) is 0 Å². The summed E-state index contributed by atoms with van der Waals surface area (Å²) in [6, 6.07) is 12.4. The summed E-state index contributed by atoms with van der Waals surface area (Å²) in [5, 5.41) is 3.69. The van der Waals surface area contributed by atoms with E-state index in [1.54, 1.807) is 44.6 Å². The predicted octanol–water partition coefficient (Wildman–Crippen LogP) is 3.13. The molecule has 1 heterocycles. The molecule has 2 N–H and O–H groups in total. The van der Waals surface area contributed by atoms with Crippen LogP contribution in [0, 0.1) is 0 Å². The monoisotopic (exact) mass is 382 g/mol. The largest absolute Gasteiger partial charge is 0.497 e. The number of amides is 1. The molecule has 146 valence electrons. The maximum absolute atomic E-state index is 12.3. The van der Waals surface area contributed by atoms with Crippen LogP contribution in [0.15, 0.2) is 47.3 Å². The van der Waals surface area contributed by atoms with Crippen LogP contribution in [-0.2, 0) is 11.2 Å². The Kier molecular flexibility index (Phi) is 5.84. The number of aromatic nitrogens is 1. The van der Waals surface area contributed by atoms with E-state index < -0.39 is 0 Å². The number of aromatic amines is 1. The number of benzene rings is 2. The highest BCUT2D eigenvalue weighted by molar-refractivity contribution is 5.91. The van der Waals surface area contributed by atoms with Crippen LogP contribution in [0.3, 0.4) is 0 Å². The topological polar surface area (TPSA) is 89.7 Å². The highest BCUT2D eigenvalue weighted by Gasteiger charge is 2.10. The van der Waals surface area contributed by atoms with Crippen molar-refractivity contribution in [2.75, 3.05) is 26.6 Å². The standard InChI is InChI=1S/C21H22N2O5/c1-26-16-7-4-13-10-14(21(25)23-17(13)12-16)5-9-20(24)22-15-6-8-18(27-2)19(11-15)28-3/h4,6-8,10-12H,5,9H2,1-3H3,(H,22,24)(H,23,25). The van der Waals surface area contributed by atoms with Gasteiger partial charge in [0.1, 0.15) is 5.75 Å². The normalized spacial score (nSPS) is 10.5. The van der Waals surface area contributed by atoms with E-state index in [0.29, 0.717) is 40.4 Å². The number of pyridine rings is 1. The Bertz CT molecular complexity index is 1060. The summed E-state index contributed by atoms with van der Waals surface area (Å²) in [6.45, 7) is 0. The molecule has 0 aliphatic rings. The molecule has 2 aromatic carbocycles. The van der Waals surface area contributed by atoms with E-state index in [2.05, 4.69) is 10.3 Å². The number of carbonyl (C=O) groups is 1. The third-order valence-electron chi connectivity index (χ3n) is 4.42. The second-order valence-corrected chi connectivity index (χ2v) is 6.19. The lowest BCUT2D eigenvalue weighted by molar-refractivity contribution is -0.116. The smallest absolute Gasteiger partial charge is 0.251 e. The molecule has 1 amide bonds. The van der Waals surface area contributed by atoms with Gasteiger partial charge in [0.25, 0.3) is 5.56 Å². The second-order valence-electron chi connectivity index (χ2n) is 6.19. The Morgan fingerprint density at radius 1 is 0.964 bits per heavy atom. The molecule has 0 radical (unpaired) electrons. The van der Waals surface area contributed by atoms with Crippen molar-refractivity contribution in [3.8, 4) is 17.2 Å². The van der Waals surface area contributed by atoms with Crippen LogP contribution in [0.5, 0.6) is 17.2 Å². The number of methoxy groups -OCH3 is 3. The number of anilines is 1. The molecule has 3 rings (SSSR count). The zero-order valence-corrected chi connectivity index (χ0v) is 16.0. The predicted molar refractivity (Wildman–Crippen MR) is 108 cm³/mol. The van der Waals surface area contributed by atoms with Crippen LogP contribution in [0.25, 0.3) is 10.9 Å². The summed E-state index contributed by atoms with van der Waals surface area (Å²) in [5.74, 6) is 1.59. The van der Waals surface area contributed by atoms with Crippen molar-refractivity contribution in [1.82, 2.24) is 4.98 Å². The number of fused-ring (bicyclic) bond motifs is 1. The average molecular weight is 382 g/mol. The van der Waals surface area contributed by atoms with Gasteiger partial charge < -0.3 is 24.5 Å². The van der Waals surface area contributed by atoms with Crippen molar-refractivity contribution in [3.05, 3.63) is 58.4 Å². The Morgan fingerprint density at radius 2 is 1.75 bits per heavy atom. The molecule has 0 unspecified atom stereocenters. The Hall–Kier alpha value is -3.48. The first-order valence-corrected chi connectivity index (χ1v) is 8.76. The third kappa shape index (κ3) is 4.25. The quantitative estimate of drug-likeness (QED) is 0.655. The van der Waals surface area contributed by atoms with Gasteiger partial charge in [0, 0.05) is 29.8 Å². The van der Waals surface area contributed by atoms with E-state index in [-0.39, 0.29) is 17.9 Å². The highest BCUT2D eigenvalue weighted by atomic mass is 16.5. The maximum Gasteiger partial charge on any atom is 0.251 e. The Balaban J connectivity index is 1.69. The summed E-state index contributed by atoms with van der Waals surface area (Å²) >= 11 is 0. The summed E-state index contributed by atoms with van der Waals surface area (Å²) in [6.07, 6.45) is 0.509. The van der Waals surface area contributed by atoms with Crippen molar-refractivity contribution in [3.63, 3.8) is 0 Å². The van der Waals surface area contributed by atoms with E-state index in [1.807, 2.05) is 12.1 Å². The van der Waals surface area contributed by atoms with E-state index in [0.717, 1.165) is 5.39 Å². The SMILES string of the molecule is COc1ccc2cc(CCC(=O)Nc3ccc(OC)c(OC)c3)c(=O)[nH]c2c1. The van der Waals surface area contributed by atoms with Crippen molar-refractivity contribution in [2.24, 2.45) is 0 Å². The lowest BCUT2D eigenvalue weighted by Gasteiger charge is -2.10. The van der Waals surface area contributed by atoms with Gasteiger partial charge in [-0.2, -0.15) is 0 Å². The molecule has 7 nitrogen and oxygen atoms in total. The highest BCUT2D eigenvalue weighted by Crippen LogP contribution is 2.29. The van der Waals surface area contributed by atoms with Crippen LogP contribution in [0.1, 0.15) is 12.0 Å². The Morgan fingerprint density at radius 3 is 2.46 bits per heavy atom. The zero-order chi connectivity index (χ0) is 20.1. The molecule has 7 heteroatoms. The zero-order valence-electron chi connectivity index (χ0n) is 16.0. The summed E-state index contributed by atoms with van der Waals surface area (Å²) in [4.78, 5) is 27.4. The molecule has 0 atom stereocenters. The average Bonchev–Trinajstić information content (AvgIpc) is 2.71. The molecule has 0 aliphatic carbocycles. The minimum atomic E-state index is -0.209. The van der Waals surface area contributed by atoms with E-state index in [9.17, 15) is 9.59 Å². The second kappa shape index (κ2) is 8.47. The molecule has 0 aliphatic heterocycles. The molecule has 0 spiro atoms. The van der Waals surface area contributed by atoms with Crippen LogP contribution in [-0.4, -0.2) is 32.2 Å². The molecule has 28 heavy (non-hydrogen) atoms. The van der Waals surface area contributed by atoms with Crippen molar-refractivity contribution in [1.29, 1.82) is 0 Å². The molecule has 0 saturated heterocycles. The molecule has 0 bridgehead atoms. The first-order chi connectivity index (χ1) is 13.5. The number of hydrogen-bond donors (Lipinski definition) is 2. The number of carbonyl (C=O) groups excluding carboxylic acids is 1. The fraction of sp³-hybridized carbons (Fsp3) is 0.238. The van der Waals surface area contributed by atoms with E-state index in [1.165, 1.54) is 7.11 Å². The van der Waals surface area contributed by atoms with Gasteiger partial charge in [0.2, 0.25) is 5.91 Å². The van der Waals surface area contributed by atoms with Crippen molar-refractivity contribution < 1.29 is 19.0 Å². The molecule has 3 aromatic rings. The van der Waals surface area contributed by atoms with Gasteiger partial charge in [-0.3, -0.25) is 9.59 Å². The minimum Gasteiger partial charge on any atom is -0.497 e. The molecular formula is C21H22N2O5. The lowest BCUT2D eigenvalue weighted by atomic mass is 10.1. The first-order valence-electron chi connectivity index (χ1n) is 8.76. The number of hydrogen-bond acceptors (Lipinski definition) is 5. The molecule has 1 aromatic heterocycles. The number of H-pyrrole nitrogens is 1. The summed E-state index contributed by atoms with van der Waals surface area (Å²) in [7, 11) is 4.66. The maximum atomic E-state index is 12.3. The molecular weight excluding hydrogens is 360 g/mol. The lowest BCUT2D eigenvalue weighted by Crippen LogP contribution is -2.17. The van der Waals surface area contributed by atoms with E-state index in [4.69, 9.17) is 14.2 Å². The number of rotatable bonds is 7. The summed E-state index contributed by atoms with van der Waals surface area (Å²) in [5.41, 5.74) is 1.64. The van der Waals surface area contributed by atoms with Crippen LogP contribution < -0.4 is 25.1 Å². The Labute approximate surface area is 162 Å². The van der Waals surface area contributed by atoms with Crippen LogP contribution in [0.4, 0.5) is 5.69 Å². The fourth-order valence-electron chi connectivity index (χ4n) is 2.92.